The molecule has 0 radical (unpaired) electrons. The van der Waals surface area contributed by atoms with Crippen molar-refractivity contribution in [1.29, 1.82) is 0 Å². The number of carboxylic acids is 1. The number of nitrogens with zero attached hydrogens (tertiary/aromatic N) is 3. The van der Waals surface area contributed by atoms with E-state index in [1.807, 2.05) is 13.8 Å². The van der Waals surface area contributed by atoms with Gasteiger partial charge in [-0.05, 0) is 13.1 Å². The number of para-hydroxylation sites is 1. The molecule has 0 unspecified atom stereocenters. The van der Waals surface area contributed by atoms with Gasteiger partial charge in [0.15, 0.2) is 0 Å². The zero-order chi connectivity index (χ0) is 16.5. The van der Waals surface area contributed by atoms with Crippen LogP contribution in [0.5, 0.6) is 0 Å². The predicted molar refractivity (Wildman–Crippen MR) is 83.8 cm³/mol. The van der Waals surface area contributed by atoms with Crippen molar-refractivity contribution in [2.45, 2.75) is 20.4 Å². The first-order chi connectivity index (χ1) is 10.5. The van der Waals surface area contributed by atoms with Gasteiger partial charge < -0.3 is 10.0 Å². The largest absolute Gasteiger partial charge is 0.480 e. The van der Waals surface area contributed by atoms with E-state index in [-0.39, 0.29) is 18.8 Å². The third-order valence-electron chi connectivity index (χ3n) is 3.57. The predicted octanol–water partition coefficient (Wildman–Crippen LogP) is 1.82. The number of aliphatic carboxylic acids is 1. The number of nitro benzene ring substituents is 1. The Morgan fingerprint density at radius 3 is 2.32 bits per heavy atom. The number of hydrogen-bond donors (Lipinski definition) is 1. The molecule has 0 atom stereocenters. The summed E-state index contributed by atoms with van der Waals surface area (Å²) in [5.41, 5.74) is 0.564. The Balaban J connectivity index is 2.80. The van der Waals surface area contributed by atoms with E-state index >= 15 is 0 Å². The van der Waals surface area contributed by atoms with Crippen molar-refractivity contribution in [1.82, 2.24) is 9.80 Å². The van der Waals surface area contributed by atoms with E-state index in [1.165, 1.54) is 6.07 Å². The second-order valence-electron chi connectivity index (χ2n) is 5.02. The molecule has 0 aromatic heterocycles. The number of rotatable bonds is 10. The summed E-state index contributed by atoms with van der Waals surface area (Å²) in [5.74, 6) is -0.932. The number of nitro groups is 1. The fourth-order valence-electron chi connectivity index (χ4n) is 2.29. The molecule has 122 valence electrons. The number of carbonyl (C=O) groups is 1. The summed E-state index contributed by atoms with van der Waals surface area (Å²) in [6.45, 7) is 7.30. The van der Waals surface area contributed by atoms with E-state index in [1.54, 1.807) is 23.1 Å². The van der Waals surface area contributed by atoms with Gasteiger partial charge in [-0.1, -0.05) is 32.0 Å². The fourth-order valence-corrected chi connectivity index (χ4v) is 2.29. The monoisotopic (exact) mass is 309 g/mol. The quantitative estimate of drug-likeness (QED) is 0.524. The van der Waals surface area contributed by atoms with Gasteiger partial charge in [-0.2, -0.15) is 0 Å². The van der Waals surface area contributed by atoms with Crippen LogP contribution in [0.4, 0.5) is 5.69 Å². The van der Waals surface area contributed by atoms with Gasteiger partial charge in [-0.3, -0.25) is 19.8 Å². The summed E-state index contributed by atoms with van der Waals surface area (Å²) in [6.07, 6.45) is 0. The maximum Gasteiger partial charge on any atom is 0.317 e. The molecule has 1 rings (SSSR count). The summed E-state index contributed by atoms with van der Waals surface area (Å²) < 4.78 is 0. The van der Waals surface area contributed by atoms with Gasteiger partial charge in [0.2, 0.25) is 0 Å². The average molecular weight is 309 g/mol. The molecule has 0 saturated carbocycles. The first kappa shape index (κ1) is 18.1. The lowest BCUT2D eigenvalue weighted by Crippen LogP contribution is -2.37. The molecular formula is C15H23N3O4. The SMILES string of the molecule is CCN(CC)CCN(CC(=O)O)Cc1ccccc1[N+](=O)[O-]. The number of hydrogen-bond acceptors (Lipinski definition) is 5. The molecule has 0 aliphatic carbocycles. The molecule has 1 N–H and O–H groups in total. The molecule has 0 bridgehead atoms. The standard InChI is InChI=1S/C15H23N3O4/c1-3-16(4-2)9-10-17(12-15(19)20)11-13-7-5-6-8-14(13)18(21)22/h5-8H,3-4,9-12H2,1-2H3,(H,19,20). The van der Waals surface area contributed by atoms with Crippen LogP contribution in [0, 0.1) is 10.1 Å². The Labute approximate surface area is 130 Å². The Morgan fingerprint density at radius 2 is 1.77 bits per heavy atom. The van der Waals surface area contributed by atoms with E-state index in [4.69, 9.17) is 5.11 Å². The van der Waals surface area contributed by atoms with E-state index in [0.717, 1.165) is 19.6 Å². The summed E-state index contributed by atoms with van der Waals surface area (Å²) in [4.78, 5) is 25.5. The summed E-state index contributed by atoms with van der Waals surface area (Å²) >= 11 is 0. The smallest absolute Gasteiger partial charge is 0.317 e. The zero-order valence-electron chi connectivity index (χ0n) is 13.1. The highest BCUT2D eigenvalue weighted by atomic mass is 16.6. The molecule has 7 heteroatoms. The van der Waals surface area contributed by atoms with E-state index in [0.29, 0.717) is 12.1 Å². The highest BCUT2D eigenvalue weighted by Gasteiger charge is 2.17. The topological polar surface area (TPSA) is 86.9 Å². The van der Waals surface area contributed by atoms with Gasteiger partial charge in [0.25, 0.3) is 5.69 Å². The maximum atomic E-state index is 11.0. The van der Waals surface area contributed by atoms with Crippen molar-refractivity contribution in [2.24, 2.45) is 0 Å². The lowest BCUT2D eigenvalue weighted by molar-refractivity contribution is -0.385. The van der Waals surface area contributed by atoms with Crippen molar-refractivity contribution < 1.29 is 14.8 Å². The normalized spacial score (nSPS) is 11.1. The first-order valence-electron chi connectivity index (χ1n) is 7.36. The first-order valence-corrected chi connectivity index (χ1v) is 7.36. The van der Waals surface area contributed by atoms with Crippen molar-refractivity contribution in [3.8, 4) is 0 Å². The molecule has 0 spiro atoms. The Kier molecular flexibility index (Phi) is 7.48. The van der Waals surface area contributed by atoms with Crippen LogP contribution in [0.3, 0.4) is 0 Å². The Morgan fingerprint density at radius 1 is 1.18 bits per heavy atom. The number of benzene rings is 1. The van der Waals surface area contributed by atoms with Crippen LogP contribution in [-0.4, -0.2) is 58.5 Å². The fraction of sp³-hybridized carbons (Fsp3) is 0.533. The number of carboxylic acid groups (broad SMARTS) is 1. The number of likely N-dealkylation sites (N-methyl/N-ethyl adjacent to an activating group) is 1. The molecule has 7 nitrogen and oxygen atoms in total. The van der Waals surface area contributed by atoms with Crippen molar-refractivity contribution in [2.75, 3.05) is 32.7 Å². The van der Waals surface area contributed by atoms with Crippen molar-refractivity contribution in [3.63, 3.8) is 0 Å². The molecule has 0 fully saturated rings. The van der Waals surface area contributed by atoms with E-state index < -0.39 is 10.9 Å². The van der Waals surface area contributed by atoms with Crippen molar-refractivity contribution >= 4 is 11.7 Å². The third-order valence-corrected chi connectivity index (χ3v) is 3.57. The highest BCUT2D eigenvalue weighted by Crippen LogP contribution is 2.19. The molecular weight excluding hydrogens is 286 g/mol. The zero-order valence-corrected chi connectivity index (χ0v) is 13.1. The summed E-state index contributed by atoms with van der Waals surface area (Å²) in [6, 6.07) is 6.45. The molecule has 22 heavy (non-hydrogen) atoms. The van der Waals surface area contributed by atoms with Crippen LogP contribution >= 0.6 is 0 Å². The molecule has 0 saturated heterocycles. The van der Waals surface area contributed by atoms with Gasteiger partial charge in [0.05, 0.1) is 11.5 Å². The lowest BCUT2D eigenvalue weighted by atomic mass is 10.1. The lowest BCUT2D eigenvalue weighted by Gasteiger charge is -2.25. The van der Waals surface area contributed by atoms with Crippen LogP contribution in [0.15, 0.2) is 24.3 Å². The van der Waals surface area contributed by atoms with Gasteiger partial charge in [0.1, 0.15) is 0 Å². The molecule has 0 aliphatic heterocycles. The van der Waals surface area contributed by atoms with Crippen LogP contribution in [-0.2, 0) is 11.3 Å². The van der Waals surface area contributed by atoms with Gasteiger partial charge >= 0.3 is 5.97 Å². The van der Waals surface area contributed by atoms with Crippen molar-refractivity contribution in [3.05, 3.63) is 39.9 Å². The minimum absolute atomic E-state index is 0.0285. The molecule has 0 amide bonds. The molecule has 0 heterocycles. The van der Waals surface area contributed by atoms with Gasteiger partial charge in [-0.15, -0.1) is 0 Å². The summed E-state index contributed by atoms with van der Waals surface area (Å²) in [5, 5.41) is 20.1. The van der Waals surface area contributed by atoms with Crippen LogP contribution in [0.1, 0.15) is 19.4 Å². The Hall–Kier alpha value is -1.99. The maximum absolute atomic E-state index is 11.0. The highest BCUT2D eigenvalue weighted by molar-refractivity contribution is 5.69. The summed E-state index contributed by atoms with van der Waals surface area (Å²) in [7, 11) is 0. The van der Waals surface area contributed by atoms with Crippen LogP contribution < -0.4 is 0 Å². The molecule has 1 aromatic rings. The van der Waals surface area contributed by atoms with Crippen LogP contribution in [0.25, 0.3) is 0 Å². The third kappa shape index (κ3) is 5.79. The Bertz CT molecular complexity index is 503. The van der Waals surface area contributed by atoms with Gasteiger partial charge in [-0.25, -0.2) is 0 Å². The second kappa shape index (κ2) is 9.11. The van der Waals surface area contributed by atoms with Crippen LogP contribution in [0.2, 0.25) is 0 Å². The minimum atomic E-state index is -0.932. The molecule has 1 aromatic carbocycles. The van der Waals surface area contributed by atoms with E-state index in [2.05, 4.69) is 4.90 Å². The van der Waals surface area contributed by atoms with Gasteiger partial charge in [0, 0.05) is 31.3 Å². The second-order valence-corrected chi connectivity index (χ2v) is 5.02. The minimum Gasteiger partial charge on any atom is -0.480 e. The molecule has 0 aliphatic rings. The average Bonchev–Trinajstić information content (AvgIpc) is 2.47. The van der Waals surface area contributed by atoms with E-state index in [9.17, 15) is 14.9 Å².